The largest absolute Gasteiger partial charge is 0.382 e. The molecule has 4 heteroatoms. The Morgan fingerprint density at radius 1 is 1.46 bits per heavy atom. The van der Waals surface area contributed by atoms with Crippen LogP contribution in [0.15, 0.2) is 0 Å². The van der Waals surface area contributed by atoms with Crippen LogP contribution in [0.2, 0.25) is 0 Å². The molecule has 2 bridgehead atoms. The molecule has 0 aromatic heterocycles. The van der Waals surface area contributed by atoms with Gasteiger partial charge in [-0.2, -0.15) is 0 Å². The molecule has 0 saturated carbocycles. The van der Waals surface area contributed by atoms with Crippen LogP contribution in [0.3, 0.4) is 0 Å². The number of rotatable bonds is 2. The van der Waals surface area contributed by atoms with Gasteiger partial charge in [-0.25, -0.2) is 0 Å². The third-order valence-corrected chi connectivity index (χ3v) is 3.39. The van der Waals surface area contributed by atoms with Crippen LogP contribution in [0.5, 0.6) is 0 Å². The average molecular weight is 184 g/mol. The fraction of sp³-hybridized carbons (Fsp3) is 1.00. The Hall–Kier alpha value is -0.0551. The summed E-state index contributed by atoms with van der Waals surface area (Å²) in [5.41, 5.74) is -0.425. The Balaban J connectivity index is 2.23. The highest BCUT2D eigenvalue weighted by Gasteiger charge is 2.62. The van der Waals surface area contributed by atoms with Crippen molar-refractivity contribution in [1.29, 1.82) is 0 Å². The summed E-state index contributed by atoms with van der Waals surface area (Å²) < 4.78 is 17.1. The molecule has 0 aromatic rings. The smallest absolute Gasteiger partial charge is 0.142 e. The van der Waals surface area contributed by atoms with Gasteiger partial charge in [0.1, 0.15) is 13.4 Å². The van der Waals surface area contributed by atoms with Crippen molar-refractivity contribution in [2.24, 2.45) is 0 Å². The second-order valence-electron chi connectivity index (χ2n) is 4.62. The summed E-state index contributed by atoms with van der Waals surface area (Å²) in [6.45, 7) is 4.79. The Labute approximate surface area is 80.1 Å². The van der Waals surface area contributed by atoms with Gasteiger partial charge in [0, 0.05) is 13.5 Å². The molecule has 0 aromatic carbocycles. The highest BCUT2D eigenvalue weighted by molar-refractivity contribution is 6.11. The highest BCUT2D eigenvalue weighted by Crippen LogP contribution is 2.49. The van der Waals surface area contributed by atoms with E-state index in [9.17, 15) is 0 Å². The lowest BCUT2D eigenvalue weighted by Gasteiger charge is -2.42. The van der Waals surface area contributed by atoms with E-state index in [2.05, 4.69) is 21.7 Å². The van der Waals surface area contributed by atoms with Gasteiger partial charge in [0.15, 0.2) is 0 Å². The van der Waals surface area contributed by atoms with Crippen molar-refractivity contribution >= 4 is 7.85 Å². The first-order valence-electron chi connectivity index (χ1n) is 4.85. The van der Waals surface area contributed by atoms with Crippen molar-refractivity contribution in [3.05, 3.63) is 0 Å². The minimum absolute atomic E-state index is 0.208. The number of fused-ring (bicyclic) bond motifs is 2. The Kier molecular flexibility index (Phi) is 1.99. The molecular formula is C9H17BO3. The predicted octanol–water partition coefficient (Wildman–Crippen LogP) is -0.0715. The molecule has 2 saturated heterocycles. The zero-order chi connectivity index (χ0) is 9.69. The molecule has 0 spiro atoms. The molecule has 2 aliphatic rings. The standard InChI is InChI=1S/C9H17BO3/c1-8(2)9(5-11-3)4-6(12-8)7(10)13-9/h6-7H,4-5,10H2,1-3H3/t6?,7-,9+/m1/s1. The lowest BCUT2D eigenvalue weighted by molar-refractivity contribution is -0.219. The van der Waals surface area contributed by atoms with Crippen LogP contribution in [-0.4, -0.2) is 44.9 Å². The van der Waals surface area contributed by atoms with Crippen LogP contribution in [0, 0.1) is 0 Å². The molecule has 13 heavy (non-hydrogen) atoms. The highest BCUT2D eigenvalue weighted by atomic mass is 16.6. The predicted molar refractivity (Wildman–Crippen MR) is 51.6 cm³/mol. The van der Waals surface area contributed by atoms with Crippen LogP contribution in [0.4, 0.5) is 0 Å². The van der Waals surface area contributed by atoms with Gasteiger partial charge in [-0.3, -0.25) is 0 Å². The molecule has 0 aliphatic carbocycles. The first-order valence-corrected chi connectivity index (χ1v) is 4.85. The van der Waals surface area contributed by atoms with Crippen molar-refractivity contribution in [3.63, 3.8) is 0 Å². The van der Waals surface area contributed by atoms with E-state index in [1.54, 1.807) is 7.11 Å². The molecule has 3 nitrogen and oxygen atoms in total. The quantitative estimate of drug-likeness (QED) is 0.562. The molecule has 0 radical (unpaired) electrons. The summed E-state index contributed by atoms with van der Waals surface area (Å²) in [4.78, 5) is 0. The average Bonchev–Trinajstić information content (AvgIpc) is 2.39. The molecule has 2 fully saturated rings. The van der Waals surface area contributed by atoms with Gasteiger partial charge in [0.05, 0.1) is 24.3 Å². The Bertz CT molecular complexity index is 215. The Morgan fingerprint density at radius 3 is 2.62 bits per heavy atom. The van der Waals surface area contributed by atoms with Gasteiger partial charge in [0.25, 0.3) is 0 Å². The summed E-state index contributed by atoms with van der Waals surface area (Å²) in [6, 6.07) is 0.211. The number of hydrogen-bond acceptors (Lipinski definition) is 3. The van der Waals surface area contributed by atoms with Crippen molar-refractivity contribution in [2.75, 3.05) is 13.7 Å². The van der Waals surface area contributed by atoms with E-state index in [1.165, 1.54) is 0 Å². The zero-order valence-corrected chi connectivity index (χ0v) is 8.79. The maximum atomic E-state index is 5.95. The van der Waals surface area contributed by atoms with Gasteiger partial charge >= 0.3 is 0 Å². The maximum Gasteiger partial charge on any atom is 0.142 e. The van der Waals surface area contributed by atoms with Gasteiger partial charge in [0.2, 0.25) is 0 Å². The monoisotopic (exact) mass is 184 g/mol. The summed E-state index contributed by atoms with van der Waals surface area (Å²) in [5.74, 6) is 0. The van der Waals surface area contributed by atoms with Gasteiger partial charge < -0.3 is 14.2 Å². The zero-order valence-electron chi connectivity index (χ0n) is 8.79. The van der Waals surface area contributed by atoms with E-state index in [0.717, 1.165) is 6.42 Å². The molecular weight excluding hydrogens is 167 g/mol. The molecule has 74 valence electrons. The first kappa shape index (κ1) is 9.50. The molecule has 2 heterocycles. The summed E-state index contributed by atoms with van der Waals surface area (Å²) in [7, 11) is 3.78. The lowest BCUT2D eigenvalue weighted by Crippen LogP contribution is -2.54. The van der Waals surface area contributed by atoms with Crippen LogP contribution in [0.1, 0.15) is 20.3 Å². The van der Waals surface area contributed by atoms with Crippen LogP contribution in [-0.2, 0) is 14.2 Å². The van der Waals surface area contributed by atoms with E-state index in [1.807, 2.05) is 0 Å². The van der Waals surface area contributed by atoms with E-state index in [0.29, 0.717) is 6.61 Å². The number of hydrogen-bond donors (Lipinski definition) is 0. The molecule has 1 unspecified atom stereocenters. The third kappa shape index (κ3) is 1.16. The molecule has 2 aliphatic heterocycles. The summed E-state index contributed by atoms with van der Waals surface area (Å²) >= 11 is 0. The fourth-order valence-corrected chi connectivity index (χ4v) is 2.48. The SMILES string of the molecule is B[C@@H]1O[C@]2(COC)CC1OC2(C)C. The minimum atomic E-state index is -0.216. The Morgan fingerprint density at radius 2 is 2.15 bits per heavy atom. The minimum Gasteiger partial charge on any atom is -0.382 e. The van der Waals surface area contributed by atoms with Crippen molar-refractivity contribution < 1.29 is 14.2 Å². The fourth-order valence-electron chi connectivity index (χ4n) is 2.48. The number of ether oxygens (including phenoxy) is 3. The lowest BCUT2D eigenvalue weighted by atomic mass is 9.86. The summed E-state index contributed by atoms with van der Waals surface area (Å²) in [6.07, 6.45) is 1.22. The first-order chi connectivity index (χ1) is 6.01. The van der Waals surface area contributed by atoms with Crippen molar-refractivity contribution in [3.8, 4) is 0 Å². The molecule has 3 atom stereocenters. The second-order valence-corrected chi connectivity index (χ2v) is 4.62. The maximum absolute atomic E-state index is 5.95. The van der Waals surface area contributed by atoms with Crippen LogP contribution in [0.25, 0.3) is 0 Å². The normalized spacial score (nSPS) is 47.0. The molecule has 2 rings (SSSR count). The van der Waals surface area contributed by atoms with Gasteiger partial charge in [-0.15, -0.1) is 0 Å². The van der Waals surface area contributed by atoms with E-state index < -0.39 is 0 Å². The molecule has 0 amide bonds. The molecule has 0 N–H and O–H groups in total. The van der Waals surface area contributed by atoms with Crippen LogP contribution < -0.4 is 0 Å². The van der Waals surface area contributed by atoms with Crippen molar-refractivity contribution in [1.82, 2.24) is 0 Å². The van der Waals surface area contributed by atoms with Gasteiger partial charge in [-0.1, -0.05) is 0 Å². The third-order valence-electron chi connectivity index (χ3n) is 3.39. The van der Waals surface area contributed by atoms with E-state index in [-0.39, 0.29) is 23.3 Å². The number of methoxy groups -OCH3 is 1. The van der Waals surface area contributed by atoms with Crippen LogP contribution >= 0.6 is 0 Å². The second kappa shape index (κ2) is 2.72. The van der Waals surface area contributed by atoms with Gasteiger partial charge in [-0.05, 0) is 13.8 Å². The van der Waals surface area contributed by atoms with E-state index >= 15 is 0 Å². The summed E-state index contributed by atoms with van der Waals surface area (Å²) in [5, 5.41) is 0. The van der Waals surface area contributed by atoms with E-state index in [4.69, 9.17) is 14.2 Å². The van der Waals surface area contributed by atoms with Crippen molar-refractivity contribution in [2.45, 2.75) is 43.6 Å². The topological polar surface area (TPSA) is 27.7 Å².